The van der Waals surface area contributed by atoms with Gasteiger partial charge in [-0.05, 0) is 50.3 Å². The minimum atomic E-state index is 0.131. The number of aliphatic imine (C=N–C) groups is 1. The third-order valence-corrected chi connectivity index (χ3v) is 4.71. The van der Waals surface area contributed by atoms with Crippen LogP contribution in [0.15, 0.2) is 46.0 Å². The van der Waals surface area contributed by atoms with Crippen LogP contribution >= 0.6 is 0 Å². The Bertz CT molecular complexity index is 744. The second-order valence-electron chi connectivity index (χ2n) is 6.78. The Morgan fingerprint density at radius 3 is 2.46 bits per heavy atom. The summed E-state index contributed by atoms with van der Waals surface area (Å²) >= 11 is 0. The Morgan fingerprint density at radius 2 is 1.89 bits per heavy atom. The van der Waals surface area contributed by atoms with Crippen molar-refractivity contribution < 1.29 is 13.9 Å². The Labute approximate surface area is 167 Å². The zero-order valence-corrected chi connectivity index (χ0v) is 17.7. The standard InChI is InChI=1S/C21H32N4O3/c1-22-21(23-15-17(24(2)3)18-8-7-13-28-18)25(4)12-11-16-9-10-19(26-5)20(14-16)27-6/h7-10,13-14,17H,11-12,15H2,1-6H3,(H,22,23). The summed E-state index contributed by atoms with van der Waals surface area (Å²) in [6.07, 6.45) is 2.57. The molecular weight excluding hydrogens is 356 g/mol. The van der Waals surface area contributed by atoms with Crippen molar-refractivity contribution in [2.24, 2.45) is 4.99 Å². The molecule has 0 spiro atoms. The molecule has 28 heavy (non-hydrogen) atoms. The molecule has 0 radical (unpaired) electrons. The van der Waals surface area contributed by atoms with Gasteiger partial charge in [-0.15, -0.1) is 0 Å². The molecule has 0 aliphatic carbocycles. The monoisotopic (exact) mass is 388 g/mol. The van der Waals surface area contributed by atoms with Gasteiger partial charge in [-0.3, -0.25) is 9.89 Å². The van der Waals surface area contributed by atoms with E-state index in [1.54, 1.807) is 27.5 Å². The highest BCUT2D eigenvalue weighted by atomic mass is 16.5. The highest BCUT2D eigenvalue weighted by molar-refractivity contribution is 5.79. The number of nitrogens with one attached hydrogen (secondary N) is 1. The van der Waals surface area contributed by atoms with Crippen LogP contribution in [-0.4, -0.2) is 71.3 Å². The molecule has 1 atom stereocenters. The molecule has 0 aliphatic rings. The van der Waals surface area contributed by atoms with Crippen molar-refractivity contribution in [1.29, 1.82) is 0 Å². The van der Waals surface area contributed by atoms with Gasteiger partial charge >= 0.3 is 0 Å². The average molecular weight is 389 g/mol. The van der Waals surface area contributed by atoms with Gasteiger partial charge in [0, 0.05) is 27.2 Å². The van der Waals surface area contributed by atoms with Crippen LogP contribution in [0.1, 0.15) is 17.4 Å². The molecule has 0 saturated heterocycles. The molecule has 1 aromatic heterocycles. The summed E-state index contributed by atoms with van der Waals surface area (Å²) in [6, 6.07) is 10.1. The molecule has 0 saturated carbocycles. The van der Waals surface area contributed by atoms with Crippen LogP contribution in [0, 0.1) is 0 Å². The molecule has 2 aromatic rings. The van der Waals surface area contributed by atoms with E-state index in [1.165, 1.54) is 5.56 Å². The lowest BCUT2D eigenvalue weighted by molar-refractivity contribution is 0.256. The SMILES string of the molecule is CN=C(NCC(c1ccco1)N(C)C)N(C)CCc1ccc(OC)c(OC)c1. The van der Waals surface area contributed by atoms with Gasteiger partial charge in [-0.2, -0.15) is 0 Å². The fourth-order valence-corrected chi connectivity index (χ4v) is 3.03. The third kappa shape index (κ3) is 5.66. The van der Waals surface area contributed by atoms with E-state index in [-0.39, 0.29) is 6.04 Å². The molecular formula is C21H32N4O3. The first-order chi connectivity index (χ1) is 13.5. The van der Waals surface area contributed by atoms with Crippen molar-refractivity contribution >= 4 is 5.96 Å². The normalized spacial score (nSPS) is 12.8. The summed E-state index contributed by atoms with van der Waals surface area (Å²) in [7, 11) is 11.2. The Kier molecular flexibility index (Phi) is 8.19. The van der Waals surface area contributed by atoms with Gasteiger partial charge in [0.2, 0.25) is 0 Å². The highest BCUT2D eigenvalue weighted by Crippen LogP contribution is 2.27. The zero-order chi connectivity index (χ0) is 20.5. The summed E-state index contributed by atoms with van der Waals surface area (Å²) in [4.78, 5) is 8.66. The number of ether oxygens (including phenoxy) is 2. The Hall–Kier alpha value is -2.67. The summed E-state index contributed by atoms with van der Waals surface area (Å²) in [5, 5.41) is 3.45. The number of hydrogen-bond donors (Lipinski definition) is 1. The quantitative estimate of drug-likeness (QED) is 0.526. The second-order valence-corrected chi connectivity index (χ2v) is 6.78. The number of furan rings is 1. The van der Waals surface area contributed by atoms with Gasteiger partial charge in [-0.1, -0.05) is 6.07 Å². The number of likely N-dealkylation sites (N-methyl/N-ethyl adjacent to an activating group) is 2. The summed E-state index contributed by atoms with van der Waals surface area (Å²) in [6.45, 7) is 1.52. The van der Waals surface area contributed by atoms with Crippen LogP contribution in [0.2, 0.25) is 0 Å². The van der Waals surface area contributed by atoms with E-state index in [9.17, 15) is 0 Å². The lowest BCUT2D eigenvalue weighted by atomic mass is 10.1. The molecule has 1 heterocycles. The predicted octanol–water partition coefficient (Wildman–Crippen LogP) is 2.65. The van der Waals surface area contributed by atoms with Gasteiger partial charge < -0.3 is 24.1 Å². The minimum absolute atomic E-state index is 0.131. The molecule has 154 valence electrons. The largest absolute Gasteiger partial charge is 0.493 e. The molecule has 0 bridgehead atoms. The summed E-state index contributed by atoms with van der Waals surface area (Å²) in [5.41, 5.74) is 1.18. The molecule has 7 heteroatoms. The molecule has 2 rings (SSSR count). The molecule has 1 unspecified atom stereocenters. The van der Waals surface area contributed by atoms with Crippen molar-refractivity contribution in [3.63, 3.8) is 0 Å². The highest BCUT2D eigenvalue weighted by Gasteiger charge is 2.18. The number of benzene rings is 1. The van der Waals surface area contributed by atoms with Crippen LogP contribution in [0.25, 0.3) is 0 Å². The van der Waals surface area contributed by atoms with Crippen LogP contribution in [0.5, 0.6) is 11.5 Å². The smallest absolute Gasteiger partial charge is 0.193 e. The van der Waals surface area contributed by atoms with Crippen molar-refractivity contribution in [2.75, 3.05) is 55.5 Å². The van der Waals surface area contributed by atoms with Gasteiger partial charge in [0.15, 0.2) is 17.5 Å². The molecule has 0 amide bonds. The van der Waals surface area contributed by atoms with E-state index >= 15 is 0 Å². The van der Waals surface area contributed by atoms with Crippen molar-refractivity contribution in [3.05, 3.63) is 47.9 Å². The molecule has 7 nitrogen and oxygen atoms in total. The molecule has 0 aliphatic heterocycles. The average Bonchev–Trinajstić information content (AvgIpc) is 3.23. The molecule has 1 N–H and O–H groups in total. The van der Waals surface area contributed by atoms with E-state index in [0.717, 1.165) is 36.2 Å². The third-order valence-electron chi connectivity index (χ3n) is 4.71. The maximum Gasteiger partial charge on any atom is 0.193 e. The van der Waals surface area contributed by atoms with E-state index < -0.39 is 0 Å². The van der Waals surface area contributed by atoms with Crippen molar-refractivity contribution in [1.82, 2.24) is 15.1 Å². The molecule has 0 fully saturated rings. The number of hydrogen-bond acceptors (Lipinski definition) is 5. The van der Waals surface area contributed by atoms with Gasteiger partial charge in [-0.25, -0.2) is 0 Å². The topological polar surface area (TPSA) is 62.5 Å². The first-order valence-electron chi connectivity index (χ1n) is 9.32. The van der Waals surface area contributed by atoms with Crippen molar-refractivity contribution in [2.45, 2.75) is 12.5 Å². The minimum Gasteiger partial charge on any atom is -0.493 e. The van der Waals surface area contributed by atoms with Crippen LogP contribution < -0.4 is 14.8 Å². The van der Waals surface area contributed by atoms with E-state index in [1.807, 2.05) is 45.4 Å². The summed E-state index contributed by atoms with van der Waals surface area (Å²) < 4.78 is 16.3. The fourth-order valence-electron chi connectivity index (χ4n) is 3.03. The first kappa shape index (κ1) is 21.6. The Balaban J connectivity index is 1.93. The molecule has 1 aromatic carbocycles. The predicted molar refractivity (Wildman–Crippen MR) is 112 cm³/mol. The first-order valence-corrected chi connectivity index (χ1v) is 9.32. The zero-order valence-electron chi connectivity index (χ0n) is 17.7. The second kappa shape index (κ2) is 10.6. The summed E-state index contributed by atoms with van der Waals surface area (Å²) in [5.74, 6) is 3.27. The van der Waals surface area contributed by atoms with Crippen molar-refractivity contribution in [3.8, 4) is 11.5 Å². The Morgan fingerprint density at radius 1 is 1.14 bits per heavy atom. The van der Waals surface area contributed by atoms with Crippen LogP contribution in [0.4, 0.5) is 0 Å². The van der Waals surface area contributed by atoms with E-state index in [0.29, 0.717) is 6.54 Å². The number of methoxy groups -OCH3 is 2. The lowest BCUT2D eigenvalue weighted by Gasteiger charge is -2.27. The number of nitrogens with zero attached hydrogens (tertiary/aromatic N) is 3. The maximum absolute atomic E-state index is 5.57. The van der Waals surface area contributed by atoms with Crippen LogP contribution in [-0.2, 0) is 6.42 Å². The van der Waals surface area contributed by atoms with Gasteiger partial charge in [0.1, 0.15) is 5.76 Å². The van der Waals surface area contributed by atoms with Crippen LogP contribution in [0.3, 0.4) is 0 Å². The number of rotatable bonds is 9. The maximum atomic E-state index is 5.57. The lowest BCUT2D eigenvalue weighted by Crippen LogP contribution is -2.43. The van der Waals surface area contributed by atoms with E-state index in [4.69, 9.17) is 13.9 Å². The number of guanidine groups is 1. The van der Waals surface area contributed by atoms with E-state index in [2.05, 4.69) is 26.2 Å². The fraction of sp³-hybridized carbons (Fsp3) is 0.476. The van der Waals surface area contributed by atoms with Gasteiger partial charge in [0.25, 0.3) is 0 Å². The van der Waals surface area contributed by atoms with Gasteiger partial charge in [0.05, 0.1) is 26.5 Å².